The lowest BCUT2D eigenvalue weighted by Gasteiger charge is -2.37. The Kier molecular flexibility index (Phi) is 5.43. The maximum Gasteiger partial charge on any atom is 0.0299 e. The van der Waals surface area contributed by atoms with Crippen molar-refractivity contribution in [1.29, 1.82) is 0 Å². The number of thiophene rings is 1. The smallest absolute Gasteiger partial charge is 0.0299 e. The first-order valence-corrected chi connectivity index (χ1v) is 8.42. The Balaban J connectivity index is 1.73. The Labute approximate surface area is 122 Å². The van der Waals surface area contributed by atoms with Crippen molar-refractivity contribution in [3.05, 3.63) is 21.4 Å². The molecule has 0 unspecified atom stereocenters. The van der Waals surface area contributed by atoms with Crippen LogP contribution in [-0.4, -0.2) is 19.1 Å². The topological polar surface area (TPSA) is 24.1 Å². The largest absolute Gasteiger partial charge is 0.314 e. The first kappa shape index (κ1) is 15.0. The fourth-order valence-electron chi connectivity index (χ4n) is 3.13. The van der Waals surface area contributed by atoms with Crippen molar-refractivity contribution < 1.29 is 0 Å². The zero-order valence-corrected chi connectivity index (χ0v) is 13.5. The molecule has 3 heteroatoms. The fourth-order valence-corrected chi connectivity index (χ4v) is 4.15. The van der Waals surface area contributed by atoms with E-state index in [0.29, 0.717) is 5.54 Å². The van der Waals surface area contributed by atoms with Crippen LogP contribution in [0.15, 0.2) is 6.07 Å². The average Bonchev–Trinajstić information content (AvgIpc) is 2.75. The van der Waals surface area contributed by atoms with E-state index < -0.39 is 0 Å². The number of nitrogens with one attached hydrogen (secondary N) is 2. The van der Waals surface area contributed by atoms with Gasteiger partial charge < -0.3 is 10.6 Å². The van der Waals surface area contributed by atoms with Crippen LogP contribution in [0.25, 0.3) is 0 Å². The summed E-state index contributed by atoms with van der Waals surface area (Å²) in [6, 6.07) is 2.32. The second-order valence-corrected chi connectivity index (χ2v) is 7.31. The normalized spacial score (nSPS) is 18.7. The molecule has 108 valence electrons. The third kappa shape index (κ3) is 4.04. The summed E-state index contributed by atoms with van der Waals surface area (Å²) in [6.45, 7) is 6.56. The van der Waals surface area contributed by atoms with Gasteiger partial charge in [0, 0.05) is 21.8 Å². The molecule has 0 aromatic carbocycles. The quantitative estimate of drug-likeness (QED) is 0.775. The molecule has 19 heavy (non-hydrogen) atoms. The highest BCUT2D eigenvalue weighted by Crippen LogP contribution is 2.30. The molecular formula is C16H28N2S. The van der Waals surface area contributed by atoms with E-state index in [1.54, 1.807) is 0 Å². The summed E-state index contributed by atoms with van der Waals surface area (Å²) in [6.07, 6.45) is 8.16. The Morgan fingerprint density at radius 2 is 1.95 bits per heavy atom. The highest BCUT2D eigenvalue weighted by molar-refractivity contribution is 7.12. The van der Waals surface area contributed by atoms with Crippen molar-refractivity contribution in [2.24, 2.45) is 0 Å². The van der Waals surface area contributed by atoms with Crippen LogP contribution in [-0.2, 0) is 6.54 Å². The molecule has 0 radical (unpaired) electrons. The van der Waals surface area contributed by atoms with Gasteiger partial charge in [0.05, 0.1) is 0 Å². The molecule has 2 N–H and O–H groups in total. The predicted octanol–water partition coefficient (Wildman–Crippen LogP) is 3.77. The Morgan fingerprint density at radius 1 is 1.21 bits per heavy atom. The van der Waals surface area contributed by atoms with Gasteiger partial charge in [-0.2, -0.15) is 0 Å². The van der Waals surface area contributed by atoms with Crippen molar-refractivity contribution in [1.82, 2.24) is 10.6 Å². The van der Waals surface area contributed by atoms with Crippen LogP contribution in [0, 0.1) is 13.8 Å². The SMILES string of the molecule is CNC1(CCNCc2cc(C)c(C)s2)CCCCC1. The molecule has 0 saturated heterocycles. The number of aryl methyl sites for hydroxylation is 2. The van der Waals surface area contributed by atoms with E-state index in [1.807, 2.05) is 11.3 Å². The van der Waals surface area contributed by atoms with Crippen molar-refractivity contribution >= 4 is 11.3 Å². The standard InChI is InChI=1S/C16H28N2S/c1-13-11-15(19-14(13)2)12-18-10-9-16(17-3)7-5-4-6-8-16/h11,17-18H,4-10,12H2,1-3H3. The van der Waals surface area contributed by atoms with E-state index in [-0.39, 0.29) is 0 Å². The van der Waals surface area contributed by atoms with Crippen LogP contribution in [0.1, 0.15) is 53.8 Å². The van der Waals surface area contributed by atoms with Gasteiger partial charge in [0.15, 0.2) is 0 Å². The summed E-state index contributed by atoms with van der Waals surface area (Å²) in [4.78, 5) is 2.92. The second kappa shape index (κ2) is 6.87. The molecule has 1 heterocycles. The van der Waals surface area contributed by atoms with Gasteiger partial charge in [0.2, 0.25) is 0 Å². The Morgan fingerprint density at radius 3 is 2.53 bits per heavy atom. The van der Waals surface area contributed by atoms with Crippen LogP contribution < -0.4 is 10.6 Å². The van der Waals surface area contributed by atoms with Gasteiger partial charge >= 0.3 is 0 Å². The second-order valence-electron chi connectivity index (χ2n) is 5.97. The summed E-state index contributed by atoms with van der Waals surface area (Å²) in [5, 5.41) is 7.21. The van der Waals surface area contributed by atoms with E-state index in [4.69, 9.17) is 0 Å². The van der Waals surface area contributed by atoms with Crippen LogP contribution in [0.5, 0.6) is 0 Å². The van der Waals surface area contributed by atoms with Gasteiger partial charge in [-0.25, -0.2) is 0 Å². The summed E-state index contributed by atoms with van der Waals surface area (Å²) >= 11 is 1.93. The van der Waals surface area contributed by atoms with Crippen LogP contribution in [0.2, 0.25) is 0 Å². The van der Waals surface area contributed by atoms with Gasteiger partial charge in [-0.1, -0.05) is 19.3 Å². The van der Waals surface area contributed by atoms with Crippen LogP contribution in [0.3, 0.4) is 0 Å². The molecule has 0 amide bonds. The molecule has 2 rings (SSSR count). The van der Waals surface area contributed by atoms with Crippen molar-refractivity contribution in [2.75, 3.05) is 13.6 Å². The lowest BCUT2D eigenvalue weighted by molar-refractivity contribution is 0.228. The maximum atomic E-state index is 3.62. The molecule has 2 nitrogen and oxygen atoms in total. The molecule has 0 spiro atoms. The first-order valence-electron chi connectivity index (χ1n) is 7.61. The predicted molar refractivity (Wildman–Crippen MR) is 85.0 cm³/mol. The zero-order chi connectivity index (χ0) is 13.7. The molecule has 1 aromatic rings. The summed E-state index contributed by atoms with van der Waals surface area (Å²) in [5.74, 6) is 0. The van der Waals surface area contributed by atoms with E-state index in [9.17, 15) is 0 Å². The Hall–Kier alpha value is -0.380. The fraction of sp³-hybridized carbons (Fsp3) is 0.750. The molecule has 0 aliphatic heterocycles. The van der Waals surface area contributed by atoms with E-state index in [2.05, 4.69) is 37.6 Å². The van der Waals surface area contributed by atoms with Gasteiger partial charge in [-0.05, 0) is 58.3 Å². The van der Waals surface area contributed by atoms with Crippen LogP contribution in [0.4, 0.5) is 0 Å². The summed E-state index contributed by atoms with van der Waals surface area (Å²) < 4.78 is 0. The van der Waals surface area contributed by atoms with Gasteiger partial charge in [0.25, 0.3) is 0 Å². The first-order chi connectivity index (χ1) is 9.15. The summed E-state index contributed by atoms with van der Waals surface area (Å²) in [5.41, 5.74) is 1.84. The van der Waals surface area contributed by atoms with Crippen molar-refractivity contribution in [2.45, 2.75) is 64.5 Å². The Bertz CT molecular complexity index is 372. The molecule has 1 fully saturated rings. The monoisotopic (exact) mass is 280 g/mol. The highest BCUT2D eigenvalue weighted by atomic mass is 32.1. The van der Waals surface area contributed by atoms with Gasteiger partial charge in [-0.3, -0.25) is 0 Å². The van der Waals surface area contributed by atoms with Crippen molar-refractivity contribution in [3.63, 3.8) is 0 Å². The highest BCUT2D eigenvalue weighted by Gasteiger charge is 2.29. The molecule has 1 saturated carbocycles. The minimum Gasteiger partial charge on any atom is -0.314 e. The lowest BCUT2D eigenvalue weighted by Crippen LogP contribution is -2.46. The molecule has 1 aliphatic rings. The maximum absolute atomic E-state index is 3.62. The minimum absolute atomic E-state index is 0.409. The third-order valence-corrected chi connectivity index (χ3v) is 5.79. The molecule has 1 aliphatic carbocycles. The van der Waals surface area contributed by atoms with Crippen LogP contribution >= 0.6 is 11.3 Å². The average molecular weight is 280 g/mol. The number of hydrogen-bond acceptors (Lipinski definition) is 3. The number of rotatable bonds is 6. The number of hydrogen-bond donors (Lipinski definition) is 2. The molecule has 0 bridgehead atoms. The third-order valence-electron chi connectivity index (χ3n) is 4.64. The van der Waals surface area contributed by atoms with Gasteiger partial charge in [-0.15, -0.1) is 11.3 Å². The van der Waals surface area contributed by atoms with E-state index >= 15 is 0 Å². The minimum atomic E-state index is 0.409. The van der Waals surface area contributed by atoms with E-state index in [1.165, 1.54) is 53.8 Å². The van der Waals surface area contributed by atoms with E-state index in [0.717, 1.165) is 13.1 Å². The molecule has 1 aromatic heterocycles. The van der Waals surface area contributed by atoms with Crippen molar-refractivity contribution in [3.8, 4) is 0 Å². The summed E-state index contributed by atoms with van der Waals surface area (Å²) in [7, 11) is 2.14. The lowest BCUT2D eigenvalue weighted by atomic mass is 9.79. The molecule has 0 atom stereocenters. The molecular weight excluding hydrogens is 252 g/mol. The zero-order valence-electron chi connectivity index (χ0n) is 12.6. The van der Waals surface area contributed by atoms with Gasteiger partial charge in [0.1, 0.15) is 0 Å².